The molecule has 1 aliphatic heterocycles. The Bertz CT molecular complexity index is 3180. The molecule has 6 aromatic heterocycles. The lowest BCUT2D eigenvalue weighted by Crippen LogP contribution is -2.68. The Labute approximate surface area is 416 Å². The van der Waals surface area contributed by atoms with Crippen LogP contribution in [-0.2, 0) is 36.9 Å². The highest BCUT2D eigenvalue weighted by molar-refractivity contribution is 5.73. The molecule has 13 rings (SSSR count). The molecule has 6 aromatic rings. The molecule has 2 bridgehead atoms. The fraction of sp³-hybridized carbons (Fsp3) is 0.556. The summed E-state index contributed by atoms with van der Waals surface area (Å²) in [6.45, 7) is -0.452. The smallest absolute Gasteiger partial charge is 0.443 e. The average Bonchev–Trinajstić information content (AvgIpc) is 3.73. The molecule has 7 heterocycles. The van der Waals surface area contributed by atoms with Crippen molar-refractivity contribution in [1.82, 2.24) is 54.9 Å². The fourth-order valence-corrected chi connectivity index (χ4v) is 10.5. The summed E-state index contributed by atoms with van der Waals surface area (Å²) in [6, 6.07) is 3.88. The highest BCUT2D eigenvalue weighted by atomic mass is 19.4. The van der Waals surface area contributed by atoms with Gasteiger partial charge < -0.3 is 30.2 Å². The van der Waals surface area contributed by atoms with Gasteiger partial charge in [0.25, 0.3) is 0 Å². The molecule has 75 heavy (non-hydrogen) atoms. The minimum atomic E-state index is -5.01. The second-order valence-corrected chi connectivity index (χ2v) is 20.5. The first-order valence-corrected chi connectivity index (χ1v) is 24.1. The van der Waals surface area contributed by atoms with Gasteiger partial charge in [-0.05, 0) is 63.9 Å². The topological polar surface area (TPSA) is 237 Å². The molecule has 8 atom stereocenters. The van der Waals surface area contributed by atoms with E-state index in [1.165, 1.54) is 22.8 Å². The largest absolute Gasteiger partial charge is 0.522 e. The number of rotatable bonds is 16. The maximum atomic E-state index is 16.2. The number of anilines is 4. The van der Waals surface area contributed by atoms with Crippen molar-refractivity contribution in [2.45, 2.75) is 144 Å². The first kappa shape index (κ1) is 49.0. The number of nitrogens with one attached hydrogen (secondary N) is 6. The number of amides is 2. The lowest BCUT2D eigenvalue weighted by Gasteiger charge is -2.61. The van der Waals surface area contributed by atoms with Gasteiger partial charge >= 0.3 is 36.7 Å². The third-order valence-electron chi connectivity index (χ3n) is 14.7. The molecular formula is C45H46F9N14O7+. The number of hydrogen-bond donors (Lipinski definition) is 6. The Hall–Kier alpha value is -6.95. The van der Waals surface area contributed by atoms with E-state index < -0.39 is 104 Å². The summed E-state index contributed by atoms with van der Waals surface area (Å²) in [6.07, 6.45) is -10.2. The van der Waals surface area contributed by atoms with Crippen molar-refractivity contribution in [3.8, 4) is 0 Å². The van der Waals surface area contributed by atoms with Crippen LogP contribution in [-0.4, -0.2) is 111 Å². The summed E-state index contributed by atoms with van der Waals surface area (Å²) >= 11 is 0. The van der Waals surface area contributed by atoms with E-state index in [1.807, 2.05) is 6.92 Å². The van der Waals surface area contributed by atoms with Gasteiger partial charge in [-0.25, -0.2) is 52.1 Å². The van der Waals surface area contributed by atoms with Gasteiger partial charge in [0.05, 0.1) is 54.4 Å². The number of alkyl halides is 8. The van der Waals surface area contributed by atoms with Crippen LogP contribution in [0.25, 0.3) is 11.2 Å². The number of imidazole rings is 1. The van der Waals surface area contributed by atoms with E-state index >= 15 is 13.2 Å². The Balaban J connectivity index is 0.824. The molecule has 400 valence electrons. The number of carbonyl (C=O) groups is 2. The lowest BCUT2D eigenvalue weighted by atomic mass is 9.50. The van der Waals surface area contributed by atoms with Gasteiger partial charge in [0.2, 0.25) is 0 Å². The van der Waals surface area contributed by atoms with Gasteiger partial charge in [0.15, 0.2) is 35.4 Å². The maximum absolute atomic E-state index is 16.2. The van der Waals surface area contributed by atoms with Gasteiger partial charge in [-0.15, -0.1) is 26.3 Å². The lowest BCUT2D eigenvalue weighted by molar-refractivity contribution is -0.742. The molecule has 0 aromatic carbocycles. The summed E-state index contributed by atoms with van der Waals surface area (Å²) in [5, 5.41) is 26.5. The molecule has 0 spiro atoms. The standard InChI is InChI=1S/C45H45F9N14O7/c1-42(2-3-42)60-40(69)75-32-18-71-36(35(32)48)27-9-34(59-39-55-13-25(47)38-56-22(14-66(38)39)17-73-45(52,53)54)68(65-27)29-7-23(29)28-15-67-30(6-21(64-67)16-72-44(49,50)51)37(57-28)58-33-8-26(62-63-33)20-4-24(46)31(5-20)74-41(70)61-43-10-19(11-43)12-43/h6,8-9,13-15,19-20,23-24,29,31-32,35-36H,2-5,7,10-12,16-18H2,1H3,(H5,55,56,57,58,59,60,61,62,63,64,65,69,70)/p+1/t19?,20-,23?,24+,29?,31-,32+,35-,36+,43?/m0/s1. The number of H-pyrrole nitrogens is 2. The van der Waals surface area contributed by atoms with Crippen LogP contribution in [0.3, 0.4) is 0 Å². The molecule has 2 unspecified atom stereocenters. The van der Waals surface area contributed by atoms with Crippen LogP contribution in [0.4, 0.5) is 72.5 Å². The van der Waals surface area contributed by atoms with Gasteiger partial charge in [-0.1, -0.05) is 0 Å². The van der Waals surface area contributed by atoms with E-state index in [-0.39, 0.29) is 71.0 Å². The number of aromatic nitrogens is 10. The second-order valence-electron chi connectivity index (χ2n) is 20.5. The zero-order valence-electron chi connectivity index (χ0n) is 39.3. The number of alkyl carbamates (subject to hydrolysis) is 2. The fourth-order valence-electron chi connectivity index (χ4n) is 10.5. The predicted molar refractivity (Wildman–Crippen MR) is 235 cm³/mol. The average molecular weight is 1070 g/mol. The summed E-state index contributed by atoms with van der Waals surface area (Å²) in [5.41, 5.74) is -0.214. The molecule has 0 radical (unpaired) electrons. The van der Waals surface area contributed by atoms with Crippen molar-refractivity contribution >= 4 is 46.8 Å². The van der Waals surface area contributed by atoms with Crippen molar-refractivity contribution in [3.63, 3.8) is 0 Å². The van der Waals surface area contributed by atoms with Crippen LogP contribution in [0.15, 0.2) is 36.8 Å². The molecule has 21 nitrogen and oxygen atoms in total. The monoisotopic (exact) mass is 1070 g/mol. The second kappa shape index (κ2) is 17.8. The molecule has 7 aliphatic rings. The van der Waals surface area contributed by atoms with Gasteiger partial charge in [-0.2, -0.15) is 19.9 Å². The molecule has 1 saturated heterocycles. The van der Waals surface area contributed by atoms with Crippen LogP contribution in [0.2, 0.25) is 0 Å². The van der Waals surface area contributed by atoms with Crippen molar-refractivity contribution in [2.75, 3.05) is 17.2 Å². The van der Waals surface area contributed by atoms with E-state index in [9.17, 15) is 35.9 Å². The van der Waals surface area contributed by atoms with Crippen LogP contribution in [0.5, 0.6) is 0 Å². The molecule has 6 aliphatic carbocycles. The third kappa shape index (κ3) is 10.0. The van der Waals surface area contributed by atoms with E-state index in [0.717, 1.165) is 48.9 Å². The Morgan fingerprint density at radius 2 is 1.63 bits per heavy atom. The zero-order chi connectivity index (χ0) is 52.3. The van der Waals surface area contributed by atoms with Crippen LogP contribution in [0.1, 0.15) is 111 Å². The quantitative estimate of drug-likeness (QED) is 0.0408. The third-order valence-corrected chi connectivity index (χ3v) is 14.7. The number of aromatic amines is 2. The van der Waals surface area contributed by atoms with Crippen LogP contribution >= 0.6 is 0 Å². The summed E-state index contributed by atoms with van der Waals surface area (Å²) in [5.74, 6) is -0.917. The first-order valence-electron chi connectivity index (χ1n) is 24.1. The first-order chi connectivity index (χ1) is 35.6. The predicted octanol–water partition coefficient (Wildman–Crippen LogP) is 7.46. The molecule has 2 amide bonds. The number of nitrogens with zero attached hydrogens (tertiary/aromatic N) is 8. The molecular weight excluding hydrogens is 1020 g/mol. The van der Waals surface area contributed by atoms with Gasteiger partial charge in [-0.3, -0.25) is 14.6 Å². The number of carbonyl (C=O) groups excluding carboxylic acids is 2. The number of halogens is 9. The molecule has 30 heteroatoms. The minimum Gasteiger partial charge on any atom is -0.443 e. The highest BCUT2D eigenvalue weighted by Gasteiger charge is 2.58. The Kier molecular flexibility index (Phi) is 11.6. The summed E-state index contributed by atoms with van der Waals surface area (Å²) in [4.78, 5) is 38.2. The molecule has 6 N–H and O–H groups in total. The van der Waals surface area contributed by atoms with Crippen molar-refractivity contribution in [1.29, 1.82) is 0 Å². The van der Waals surface area contributed by atoms with Gasteiger partial charge in [0, 0.05) is 47.3 Å². The zero-order valence-corrected chi connectivity index (χ0v) is 39.3. The molecule has 7 fully saturated rings. The summed E-state index contributed by atoms with van der Waals surface area (Å²) in [7, 11) is 0. The van der Waals surface area contributed by atoms with Crippen molar-refractivity contribution in [3.05, 3.63) is 71.1 Å². The Morgan fingerprint density at radius 1 is 0.893 bits per heavy atom. The number of fused-ring (bicyclic) bond motifs is 2. The van der Waals surface area contributed by atoms with Crippen LogP contribution < -0.4 is 25.9 Å². The number of hydrogen-bond acceptors (Lipinski definition) is 14. The van der Waals surface area contributed by atoms with E-state index in [1.54, 1.807) is 10.7 Å². The SMILES string of the molecule is CC1(NC(=O)O[C@@H]2CO[C@H](c3cc(Nc4ncc(F)c5nc(COC(F)(F)F)cn45)[n+](C4CC4c4cn5nc(COC(F)(F)F)cc5c(Nc5cc([C@H]6C[C@@H](F)[C@@H](OC(=O)NC78CC(C7)C8)C6)[nH]n5)n4)[nH]3)[C@H]2F)CC1. The van der Waals surface area contributed by atoms with Crippen molar-refractivity contribution in [2.24, 2.45) is 5.92 Å². The normalized spacial score (nSPS) is 28.5. The van der Waals surface area contributed by atoms with Gasteiger partial charge in [0.1, 0.15) is 36.5 Å². The van der Waals surface area contributed by atoms with E-state index in [4.69, 9.17) is 19.2 Å². The van der Waals surface area contributed by atoms with E-state index in [2.05, 4.69) is 61.1 Å². The maximum Gasteiger partial charge on any atom is 0.522 e. The van der Waals surface area contributed by atoms with E-state index in [0.29, 0.717) is 23.7 Å². The Morgan fingerprint density at radius 3 is 2.35 bits per heavy atom. The number of ether oxygens (including phenoxy) is 5. The molecule has 6 saturated carbocycles. The minimum absolute atomic E-state index is 0.0419. The highest BCUT2D eigenvalue weighted by Crippen LogP contribution is 2.57. The van der Waals surface area contributed by atoms with Crippen molar-refractivity contribution < 1.29 is 77.5 Å². The summed E-state index contributed by atoms with van der Waals surface area (Å²) < 4.78 is 154. The van der Waals surface area contributed by atoms with Crippen LogP contribution in [0, 0.1) is 11.7 Å².